The van der Waals surface area contributed by atoms with Gasteiger partial charge in [0.15, 0.2) is 5.82 Å². The number of carbonyl (C=O) groups excluding carboxylic acids is 1. The molecule has 4 heterocycles. The normalized spacial score (nSPS) is 24.2. The van der Waals surface area contributed by atoms with Crippen LogP contribution in [0.25, 0.3) is 0 Å². The topological polar surface area (TPSA) is 91.2 Å². The predicted octanol–water partition coefficient (Wildman–Crippen LogP) is 2.33. The van der Waals surface area contributed by atoms with Crippen molar-refractivity contribution in [2.24, 2.45) is 5.92 Å². The molecule has 8 nitrogen and oxygen atoms in total. The summed E-state index contributed by atoms with van der Waals surface area (Å²) in [6.07, 6.45) is 0.911. The number of fused-ring (bicyclic) bond motifs is 1. The molecule has 2 fully saturated rings. The number of rotatable bonds is 4. The molecule has 0 unspecified atom stereocenters. The van der Waals surface area contributed by atoms with E-state index in [1.807, 2.05) is 24.8 Å². The summed E-state index contributed by atoms with van der Waals surface area (Å²) >= 11 is 0. The Morgan fingerprint density at radius 1 is 1.27 bits per heavy atom. The number of nitrogens with one attached hydrogen (secondary N) is 1. The highest BCUT2D eigenvalue weighted by Crippen LogP contribution is 2.44. The first-order valence-corrected chi connectivity index (χ1v) is 10.4. The molecule has 1 aromatic carbocycles. The average Bonchev–Trinajstić information content (AvgIpc) is 3.46. The highest BCUT2D eigenvalue weighted by atomic mass is 16.5. The van der Waals surface area contributed by atoms with Crippen LogP contribution in [0.4, 0.5) is 0 Å². The van der Waals surface area contributed by atoms with Gasteiger partial charge in [-0.05, 0) is 30.9 Å². The fraction of sp³-hybridized carbons (Fsp3) is 0.455. The molecule has 2 saturated heterocycles. The third-order valence-corrected chi connectivity index (χ3v) is 6.42. The lowest BCUT2D eigenvalue weighted by Gasteiger charge is -2.42. The number of aryl methyl sites for hydroxylation is 2. The summed E-state index contributed by atoms with van der Waals surface area (Å²) in [7, 11) is 0. The monoisotopic (exact) mass is 406 g/mol. The van der Waals surface area contributed by atoms with Gasteiger partial charge in [-0.2, -0.15) is 10.1 Å². The van der Waals surface area contributed by atoms with Crippen LogP contribution in [-0.2, 0) is 12.0 Å². The van der Waals surface area contributed by atoms with Crippen molar-refractivity contribution in [3.8, 4) is 0 Å². The molecule has 2 aliphatic heterocycles. The van der Waals surface area contributed by atoms with Gasteiger partial charge in [0.2, 0.25) is 5.89 Å². The van der Waals surface area contributed by atoms with E-state index in [1.165, 1.54) is 5.56 Å². The van der Waals surface area contributed by atoms with E-state index in [9.17, 15) is 4.79 Å². The second kappa shape index (κ2) is 7.36. The third kappa shape index (κ3) is 3.31. The minimum absolute atomic E-state index is 0.0427. The zero-order valence-corrected chi connectivity index (χ0v) is 17.3. The lowest BCUT2D eigenvalue weighted by Crippen LogP contribution is -2.54. The smallest absolute Gasteiger partial charge is 0.274 e. The number of hydrogen-bond donors (Lipinski definition) is 1. The molecule has 5 rings (SSSR count). The SMILES string of the molecule is Cc1cc(C(=O)N2CC[C@H]3CN(Cc4ccccc4)C[C@@]3(c3noc(C)n3)C2)n[nH]1. The van der Waals surface area contributed by atoms with Crippen molar-refractivity contribution in [1.29, 1.82) is 0 Å². The van der Waals surface area contributed by atoms with E-state index < -0.39 is 0 Å². The van der Waals surface area contributed by atoms with Crippen LogP contribution in [0, 0.1) is 19.8 Å². The van der Waals surface area contributed by atoms with Gasteiger partial charge >= 0.3 is 0 Å². The predicted molar refractivity (Wildman–Crippen MR) is 110 cm³/mol. The van der Waals surface area contributed by atoms with Gasteiger partial charge < -0.3 is 9.42 Å². The highest BCUT2D eigenvalue weighted by Gasteiger charge is 2.54. The van der Waals surface area contributed by atoms with Crippen molar-refractivity contribution in [3.05, 3.63) is 65.1 Å². The minimum atomic E-state index is -0.328. The molecule has 1 N–H and O–H groups in total. The van der Waals surface area contributed by atoms with E-state index in [0.717, 1.165) is 37.6 Å². The van der Waals surface area contributed by atoms with Crippen molar-refractivity contribution >= 4 is 5.91 Å². The van der Waals surface area contributed by atoms with E-state index >= 15 is 0 Å². The Balaban J connectivity index is 1.44. The summed E-state index contributed by atoms with van der Waals surface area (Å²) in [6.45, 7) is 7.65. The van der Waals surface area contributed by atoms with Crippen LogP contribution >= 0.6 is 0 Å². The van der Waals surface area contributed by atoms with Crippen LogP contribution in [0.1, 0.15) is 39.9 Å². The molecule has 0 bridgehead atoms. The van der Waals surface area contributed by atoms with Crippen molar-refractivity contribution in [2.45, 2.75) is 32.2 Å². The van der Waals surface area contributed by atoms with Gasteiger partial charge in [0.1, 0.15) is 5.69 Å². The number of aromatic amines is 1. The van der Waals surface area contributed by atoms with Crippen molar-refractivity contribution in [2.75, 3.05) is 26.2 Å². The zero-order chi connectivity index (χ0) is 20.7. The molecule has 2 aliphatic rings. The molecule has 8 heteroatoms. The molecule has 30 heavy (non-hydrogen) atoms. The Bertz CT molecular complexity index is 1040. The fourth-order valence-electron chi connectivity index (χ4n) is 5.01. The van der Waals surface area contributed by atoms with Crippen molar-refractivity contribution < 1.29 is 9.32 Å². The second-order valence-corrected chi connectivity index (χ2v) is 8.60. The molecule has 0 radical (unpaired) electrons. The summed E-state index contributed by atoms with van der Waals surface area (Å²) in [4.78, 5) is 22.1. The van der Waals surface area contributed by atoms with Crippen LogP contribution < -0.4 is 0 Å². The Hall–Kier alpha value is -3.00. The van der Waals surface area contributed by atoms with Gasteiger partial charge in [-0.25, -0.2) is 0 Å². The Morgan fingerprint density at radius 3 is 2.80 bits per heavy atom. The Kier molecular flexibility index (Phi) is 4.66. The first kappa shape index (κ1) is 19.0. The molecule has 156 valence electrons. The van der Waals surface area contributed by atoms with Gasteiger partial charge in [-0.3, -0.25) is 14.8 Å². The van der Waals surface area contributed by atoms with Crippen LogP contribution in [0.5, 0.6) is 0 Å². The molecule has 0 aliphatic carbocycles. The maximum atomic E-state index is 13.1. The van der Waals surface area contributed by atoms with E-state index in [2.05, 4.69) is 49.5 Å². The summed E-state index contributed by atoms with van der Waals surface area (Å²) in [5, 5.41) is 11.4. The summed E-state index contributed by atoms with van der Waals surface area (Å²) in [5.74, 6) is 1.62. The number of hydrogen-bond acceptors (Lipinski definition) is 6. The van der Waals surface area contributed by atoms with Crippen LogP contribution in [0.3, 0.4) is 0 Å². The van der Waals surface area contributed by atoms with E-state index in [4.69, 9.17) is 4.52 Å². The fourth-order valence-corrected chi connectivity index (χ4v) is 5.01. The number of piperidine rings is 1. The van der Waals surface area contributed by atoms with Crippen LogP contribution in [-0.4, -0.2) is 62.2 Å². The van der Waals surface area contributed by atoms with Gasteiger partial charge in [-0.15, -0.1) is 0 Å². The molecule has 1 amide bonds. The van der Waals surface area contributed by atoms with Gasteiger partial charge in [0.25, 0.3) is 5.91 Å². The number of carbonyl (C=O) groups is 1. The molecule has 3 aromatic rings. The Morgan fingerprint density at radius 2 is 2.10 bits per heavy atom. The number of aromatic nitrogens is 4. The average molecular weight is 406 g/mol. The molecule has 2 atom stereocenters. The maximum Gasteiger partial charge on any atom is 0.274 e. The van der Waals surface area contributed by atoms with Gasteiger partial charge in [-0.1, -0.05) is 35.5 Å². The van der Waals surface area contributed by atoms with E-state index in [0.29, 0.717) is 30.6 Å². The summed E-state index contributed by atoms with van der Waals surface area (Å²) < 4.78 is 5.36. The number of nitrogens with zero attached hydrogens (tertiary/aromatic N) is 5. The third-order valence-electron chi connectivity index (χ3n) is 6.42. The van der Waals surface area contributed by atoms with Crippen LogP contribution in [0.15, 0.2) is 40.9 Å². The van der Waals surface area contributed by atoms with Crippen LogP contribution in [0.2, 0.25) is 0 Å². The molecule has 0 saturated carbocycles. The number of H-pyrrole nitrogens is 1. The second-order valence-electron chi connectivity index (χ2n) is 8.60. The molecule has 0 spiro atoms. The Labute approximate surface area is 175 Å². The number of likely N-dealkylation sites (tertiary alicyclic amines) is 2. The van der Waals surface area contributed by atoms with Gasteiger partial charge in [0, 0.05) is 45.3 Å². The summed E-state index contributed by atoms with van der Waals surface area (Å²) in [6, 6.07) is 12.3. The largest absolute Gasteiger partial charge is 0.340 e. The highest BCUT2D eigenvalue weighted by molar-refractivity contribution is 5.92. The van der Waals surface area contributed by atoms with E-state index in [-0.39, 0.29) is 11.3 Å². The molecule has 2 aromatic heterocycles. The summed E-state index contributed by atoms with van der Waals surface area (Å²) in [5.41, 5.74) is 2.30. The zero-order valence-electron chi connectivity index (χ0n) is 17.3. The maximum absolute atomic E-state index is 13.1. The lowest BCUT2D eigenvalue weighted by atomic mass is 9.72. The minimum Gasteiger partial charge on any atom is -0.340 e. The van der Waals surface area contributed by atoms with Gasteiger partial charge in [0.05, 0.1) is 5.41 Å². The first-order chi connectivity index (χ1) is 14.5. The standard InChI is InChI=1S/C22H26N6O2/c1-15-10-19(25-24-15)20(29)28-9-8-18-12-27(11-17-6-4-3-5-7-17)13-22(18,14-28)21-23-16(2)30-26-21/h3-7,10,18H,8-9,11-14H2,1-2H3,(H,24,25)/t18-,22+/m0/s1. The lowest BCUT2D eigenvalue weighted by molar-refractivity contribution is 0.0568. The number of benzene rings is 1. The van der Waals surface area contributed by atoms with Crippen molar-refractivity contribution in [3.63, 3.8) is 0 Å². The number of amides is 1. The molecular formula is C22H26N6O2. The molecular weight excluding hydrogens is 380 g/mol. The quantitative estimate of drug-likeness (QED) is 0.715. The first-order valence-electron chi connectivity index (χ1n) is 10.4. The van der Waals surface area contributed by atoms with Crippen molar-refractivity contribution in [1.82, 2.24) is 30.1 Å². The van der Waals surface area contributed by atoms with E-state index in [1.54, 1.807) is 6.07 Å².